The highest BCUT2D eigenvalue weighted by Crippen LogP contribution is 2.14. The van der Waals surface area contributed by atoms with Gasteiger partial charge < -0.3 is 15.4 Å². The van der Waals surface area contributed by atoms with Crippen molar-refractivity contribution >= 4 is 46.0 Å². The number of nitrogens with zero attached hydrogens (tertiary/aromatic N) is 2. The zero-order valence-corrected chi connectivity index (χ0v) is 27.9. The van der Waals surface area contributed by atoms with Crippen molar-refractivity contribution in [2.45, 2.75) is 64.1 Å². The molecule has 0 saturated heterocycles. The van der Waals surface area contributed by atoms with Crippen LogP contribution < -0.4 is 26.9 Å². The molecule has 0 aliphatic rings. The molecule has 6 N–H and O–H groups in total. The molecule has 1 atom stereocenters. The lowest BCUT2D eigenvalue weighted by atomic mass is 10.0. The molecule has 3 aromatic rings. The van der Waals surface area contributed by atoms with Crippen LogP contribution in [0.1, 0.15) is 72.9 Å². The maximum atomic E-state index is 12.7. The van der Waals surface area contributed by atoms with Crippen molar-refractivity contribution in [3.05, 3.63) is 89.1 Å². The van der Waals surface area contributed by atoms with Gasteiger partial charge in [0.1, 0.15) is 22.4 Å². The SMILES string of the molecule is CC(C)C[C@H](NC(=O)OC(C)(C)C)C(=O)NNC(=O)c1ccc(CNC(=O)c2ccc(NN=Cc3ccccc3S(=O)(=O)O)nc2)cc1. The second-order valence-corrected chi connectivity index (χ2v) is 13.4. The summed E-state index contributed by atoms with van der Waals surface area (Å²) in [5.74, 6) is -1.22. The third kappa shape index (κ3) is 12.1. The summed E-state index contributed by atoms with van der Waals surface area (Å²) in [6.07, 6.45) is 2.12. The summed E-state index contributed by atoms with van der Waals surface area (Å²) in [6.45, 7) is 9.07. The lowest BCUT2D eigenvalue weighted by Gasteiger charge is -2.24. The standard InChI is InChI=1S/C32H39N7O8S/c1-20(2)16-25(36-31(43)47-32(3,4)5)30(42)39-38-29(41)22-12-10-21(11-13-22)17-34-28(40)24-14-15-27(33-18-24)37-35-19-23-8-6-7-9-26(23)48(44,45)46/h6-15,18-20,25H,16-17H2,1-5H3,(H,33,37)(H,34,40)(H,36,43)(H,38,41)(H,39,42)(H,44,45,46)/t25-/m0/s1. The minimum absolute atomic E-state index is 0.0748. The number of alkyl carbamates (subject to hydrolysis) is 1. The number of hydrazine groups is 1. The Morgan fingerprint density at radius 1 is 0.938 bits per heavy atom. The zero-order chi connectivity index (χ0) is 35.5. The van der Waals surface area contributed by atoms with E-state index in [4.69, 9.17) is 4.74 Å². The second-order valence-electron chi connectivity index (χ2n) is 12.0. The van der Waals surface area contributed by atoms with Crippen molar-refractivity contribution < 1.29 is 36.9 Å². The Morgan fingerprint density at radius 3 is 2.21 bits per heavy atom. The van der Waals surface area contributed by atoms with Gasteiger partial charge in [-0.15, -0.1) is 0 Å². The fourth-order valence-corrected chi connectivity index (χ4v) is 4.74. The average Bonchev–Trinajstić information content (AvgIpc) is 3.01. The Hall–Kier alpha value is -5.35. The van der Waals surface area contributed by atoms with Crippen molar-refractivity contribution in [3.63, 3.8) is 0 Å². The number of amides is 4. The molecule has 4 amide bonds. The van der Waals surface area contributed by atoms with Crippen LogP contribution in [0.2, 0.25) is 0 Å². The number of pyridine rings is 1. The fourth-order valence-electron chi connectivity index (χ4n) is 4.07. The maximum absolute atomic E-state index is 12.7. The first-order valence-electron chi connectivity index (χ1n) is 14.8. The van der Waals surface area contributed by atoms with E-state index >= 15 is 0 Å². The molecule has 0 fully saturated rings. The first-order valence-corrected chi connectivity index (χ1v) is 16.2. The third-order valence-electron chi connectivity index (χ3n) is 6.29. The van der Waals surface area contributed by atoms with Gasteiger partial charge in [-0.1, -0.05) is 44.2 Å². The van der Waals surface area contributed by atoms with Crippen LogP contribution in [0.4, 0.5) is 10.6 Å². The minimum atomic E-state index is -4.42. The van der Waals surface area contributed by atoms with Crippen molar-refractivity contribution in [2.24, 2.45) is 11.0 Å². The number of benzene rings is 2. The molecule has 0 bridgehead atoms. The van der Waals surface area contributed by atoms with Gasteiger partial charge in [0, 0.05) is 23.9 Å². The lowest BCUT2D eigenvalue weighted by molar-refractivity contribution is -0.124. The van der Waals surface area contributed by atoms with Crippen molar-refractivity contribution in [1.29, 1.82) is 0 Å². The first kappa shape index (κ1) is 37.1. The molecule has 0 saturated carbocycles. The Balaban J connectivity index is 1.48. The molecule has 1 heterocycles. The van der Waals surface area contributed by atoms with Gasteiger partial charge in [0.2, 0.25) is 0 Å². The van der Waals surface area contributed by atoms with E-state index < -0.39 is 45.6 Å². The predicted octanol–water partition coefficient (Wildman–Crippen LogP) is 3.40. The predicted molar refractivity (Wildman–Crippen MR) is 178 cm³/mol. The molecule has 256 valence electrons. The molecule has 0 aliphatic heterocycles. The van der Waals surface area contributed by atoms with Gasteiger partial charge in [0.25, 0.3) is 27.8 Å². The van der Waals surface area contributed by atoms with Crippen LogP contribution in [0.3, 0.4) is 0 Å². The highest BCUT2D eigenvalue weighted by Gasteiger charge is 2.25. The molecular formula is C32H39N7O8S. The maximum Gasteiger partial charge on any atom is 0.408 e. The van der Waals surface area contributed by atoms with E-state index in [0.717, 1.165) is 0 Å². The van der Waals surface area contributed by atoms with Gasteiger partial charge >= 0.3 is 6.09 Å². The summed E-state index contributed by atoms with van der Waals surface area (Å²) in [7, 11) is -4.42. The number of carbonyl (C=O) groups excluding carboxylic acids is 4. The highest BCUT2D eigenvalue weighted by molar-refractivity contribution is 7.86. The monoisotopic (exact) mass is 681 g/mol. The molecule has 0 radical (unpaired) electrons. The van der Waals surface area contributed by atoms with Gasteiger partial charge in [0.15, 0.2) is 0 Å². The van der Waals surface area contributed by atoms with Crippen LogP contribution in [0.15, 0.2) is 76.9 Å². The number of carbonyl (C=O) groups is 4. The average molecular weight is 682 g/mol. The van der Waals surface area contributed by atoms with Gasteiger partial charge in [-0.05, 0) is 69.0 Å². The smallest absolute Gasteiger partial charge is 0.408 e. The lowest BCUT2D eigenvalue weighted by Crippen LogP contribution is -2.53. The van der Waals surface area contributed by atoms with Gasteiger partial charge in [-0.25, -0.2) is 9.78 Å². The molecule has 0 aliphatic carbocycles. The van der Waals surface area contributed by atoms with Crippen molar-refractivity contribution in [1.82, 2.24) is 26.5 Å². The number of hydrazone groups is 1. The molecule has 0 spiro atoms. The van der Waals surface area contributed by atoms with Gasteiger partial charge in [-0.3, -0.25) is 35.2 Å². The number of aromatic nitrogens is 1. The number of ether oxygens (including phenoxy) is 1. The number of rotatable bonds is 12. The Labute approximate surface area is 278 Å². The van der Waals surface area contributed by atoms with E-state index in [1.807, 2.05) is 13.8 Å². The van der Waals surface area contributed by atoms with Crippen molar-refractivity contribution in [3.8, 4) is 0 Å². The molecule has 2 aromatic carbocycles. The Kier molecular flexibility index (Phi) is 12.7. The largest absolute Gasteiger partial charge is 0.444 e. The summed E-state index contributed by atoms with van der Waals surface area (Å²) in [5.41, 5.74) is 7.97. The van der Waals surface area contributed by atoms with Crippen LogP contribution >= 0.6 is 0 Å². The molecule has 15 nitrogen and oxygen atoms in total. The van der Waals surface area contributed by atoms with E-state index in [1.165, 1.54) is 54.9 Å². The van der Waals surface area contributed by atoms with Crippen molar-refractivity contribution in [2.75, 3.05) is 5.43 Å². The molecule has 16 heteroatoms. The van der Waals surface area contributed by atoms with E-state index in [0.29, 0.717) is 12.0 Å². The zero-order valence-electron chi connectivity index (χ0n) is 27.1. The number of hydrogen-bond acceptors (Lipinski definition) is 10. The molecule has 3 rings (SSSR count). The molecular weight excluding hydrogens is 642 g/mol. The highest BCUT2D eigenvalue weighted by atomic mass is 32.2. The normalized spacial score (nSPS) is 12.2. The number of anilines is 1. The molecule has 0 unspecified atom stereocenters. The quantitative estimate of drug-likeness (QED) is 0.0930. The summed E-state index contributed by atoms with van der Waals surface area (Å²) in [5, 5.41) is 9.22. The summed E-state index contributed by atoms with van der Waals surface area (Å²) >= 11 is 0. The number of hydrogen-bond donors (Lipinski definition) is 6. The van der Waals surface area contributed by atoms with E-state index in [1.54, 1.807) is 39.0 Å². The van der Waals surface area contributed by atoms with Gasteiger partial charge in [-0.2, -0.15) is 13.5 Å². The van der Waals surface area contributed by atoms with E-state index in [-0.39, 0.29) is 39.9 Å². The fraction of sp³-hybridized carbons (Fsp3) is 0.312. The third-order valence-corrected chi connectivity index (χ3v) is 7.22. The summed E-state index contributed by atoms with van der Waals surface area (Å²) in [6, 6.07) is 14.2. The van der Waals surface area contributed by atoms with Crippen LogP contribution in [-0.4, -0.2) is 59.6 Å². The topological polar surface area (TPSA) is 217 Å². The van der Waals surface area contributed by atoms with Crippen LogP contribution in [0.5, 0.6) is 0 Å². The van der Waals surface area contributed by atoms with Gasteiger partial charge in [0.05, 0.1) is 11.8 Å². The molecule has 1 aromatic heterocycles. The van der Waals surface area contributed by atoms with Crippen LogP contribution in [0, 0.1) is 5.92 Å². The van der Waals surface area contributed by atoms with E-state index in [2.05, 4.69) is 37.0 Å². The molecule has 48 heavy (non-hydrogen) atoms. The Bertz CT molecular complexity index is 1740. The minimum Gasteiger partial charge on any atom is -0.444 e. The van der Waals surface area contributed by atoms with Crippen LogP contribution in [-0.2, 0) is 26.2 Å². The number of nitrogens with one attached hydrogen (secondary N) is 5. The first-order chi connectivity index (χ1) is 22.5. The van der Waals surface area contributed by atoms with E-state index in [9.17, 15) is 32.1 Å². The van der Waals surface area contributed by atoms with Crippen LogP contribution in [0.25, 0.3) is 0 Å². The summed E-state index contributed by atoms with van der Waals surface area (Å²) in [4.78, 5) is 54.0. The summed E-state index contributed by atoms with van der Waals surface area (Å²) < 4.78 is 37.6. The Morgan fingerprint density at radius 2 is 1.60 bits per heavy atom. The second kappa shape index (κ2) is 16.5.